The molecule has 0 heterocycles. The van der Waals surface area contributed by atoms with Crippen LogP contribution in [0.15, 0.2) is 48.5 Å². The van der Waals surface area contributed by atoms with Crippen molar-refractivity contribution >= 4 is 0 Å². The number of hydrogen-bond donors (Lipinski definition) is 3. The first-order chi connectivity index (χ1) is 13.6. The maximum absolute atomic E-state index is 10.4. The number of rotatable bonds is 8. The SMILES string of the molecule is Cc1ccccc1C(CO)CNC1(C(CO)c2ccccc2C)CCCCC1. The van der Waals surface area contributed by atoms with E-state index in [4.69, 9.17) is 0 Å². The number of aliphatic hydroxyl groups is 2. The normalized spacial score (nSPS) is 18.6. The Morgan fingerprint density at radius 2 is 1.39 bits per heavy atom. The van der Waals surface area contributed by atoms with Crippen LogP contribution in [0, 0.1) is 13.8 Å². The molecule has 1 fully saturated rings. The van der Waals surface area contributed by atoms with Gasteiger partial charge in [0, 0.05) is 23.9 Å². The van der Waals surface area contributed by atoms with Crippen molar-refractivity contribution in [3.05, 3.63) is 70.8 Å². The Morgan fingerprint density at radius 1 is 0.821 bits per heavy atom. The zero-order valence-electron chi connectivity index (χ0n) is 17.3. The van der Waals surface area contributed by atoms with E-state index in [0.29, 0.717) is 0 Å². The smallest absolute Gasteiger partial charge is 0.0517 e. The van der Waals surface area contributed by atoms with Gasteiger partial charge in [0.1, 0.15) is 0 Å². The van der Waals surface area contributed by atoms with Crippen molar-refractivity contribution in [3.8, 4) is 0 Å². The second kappa shape index (κ2) is 9.69. The van der Waals surface area contributed by atoms with Gasteiger partial charge in [0.25, 0.3) is 0 Å². The first kappa shape index (κ1) is 21.0. The number of aryl methyl sites for hydroxylation is 2. The summed E-state index contributed by atoms with van der Waals surface area (Å²) in [6, 6.07) is 16.8. The molecule has 1 aliphatic rings. The average Bonchev–Trinajstić information content (AvgIpc) is 2.72. The quantitative estimate of drug-likeness (QED) is 0.633. The van der Waals surface area contributed by atoms with E-state index in [1.54, 1.807) is 0 Å². The van der Waals surface area contributed by atoms with Gasteiger partial charge < -0.3 is 15.5 Å². The van der Waals surface area contributed by atoms with Crippen LogP contribution in [0.5, 0.6) is 0 Å². The van der Waals surface area contributed by atoms with Crippen LogP contribution < -0.4 is 5.32 Å². The van der Waals surface area contributed by atoms with Crippen LogP contribution in [0.25, 0.3) is 0 Å². The molecule has 3 nitrogen and oxygen atoms in total. The van der Waals surface area contributed by atoms with Crippen molar-refractivity contribution in [2.75, 3.05) is 19.8 Å². The predicted octanol–water partition coefficient (Wildman–Crippen LogP) is 4.45. The maximum atomic E-state index is 10.4. The molecule has 0 aromatic heterocycles. The summed E-state index contributed by atoms with van der Waals surface area (Å²) in [5.41, 5.74) is 4.80. The lowest BCUT2D eigenvalue weighted by Crippen LogP contribution is -2.54. The van der Waals surface area contributed by atoms with Crippen LogP contribution >= 0.6 is 0 Å². The van der Waals surface area contributed by atoms with Gasteiger partial charge in [-0.15, -0.1) is 0 Å². The van der Waals surface area contributed by atoms with Gasteiger partial charge in [0.2, 0.25) is 0 Å². The molecule has 1 aliphatic carbocycles. The van der Waals surface area contributed by atoms with Crippen LogP contribution in [0.2, 0.25) is 0 Å². The highest BCUT2D eigenvalue weighted by atomic mass is 16.3. The summed E-state index contributed by atoms with van der Waals surface area (Å²) in [5.74, 6) is 0.140. The first-order valence-corrected chi connectivity index (χ1v) is 10.7. The van der Waals surface area contributed by atoms with Crippen molar-refractivity contribution < 1.29 is 10.2 Å². The molecule has 0 aliphatic heterocycles. The molecule has 3 heteroatoms. The molecule has 2 atom stereocenters. The van der Waals surface area contributed by atoms with Crippen molar-refractivity contribution in [1.29, 1.82) is 0 Å². The zero-order chi connectivity index (χ0) is 20.0. The zero-order valence-corrected chi connectivity index (χ0v) is 17.3. The molecule has 2 aromatic rings. The Labute approximate surface area is 169 Å². The highest BCUT2D eigenvalue weighted by molar-refractivity contribution is 5.33. The Balaban J connectivity index is 1.87. The fourth-order valence-electron chi connectivity index (χ4n) is 5.02. The third kappa shape index (κ3) is 4.48. The van der Waals surface area contributed by atoms with E-state index in [0.717, 1.165) is 19.4 Å². The molecule has 0 saturated heterocycles. The van der Waals surface area contributed by atoms with E-state index in [-0.39, 0.29) is 30.6 Å². The number of aliphatic hydroxyl groups excluding tert-OH is 2. The van der Waals surface area contributed by atoms with E-state index in [9.17, 15) is 10.2 Å². The van der Waals surface area contributed by atoms with Gasteiger partial charge in [-0.25, -0.2) is 0 Å². The largest absolute Gasteiger partial charge is 0.396 e. The van der Waals surface area contributed by atoms with Gasteiger partial charge in [-0.3, -0.25) is 0 Å². The number of hydrogen-bond acceptors (Lipinski definition) is 3. The minimum atomic E-state index is -0.116. The van der Waals surface area contributed by atoms with Gasteiger partial charge in [-0.05, 0) is 48.9 Å². The Kier molecular flexibility index (Phi) is 7.28. The molecule has 0 radical (unpaired) electrons. The minimum Gasteiger partial charge on any atom is -0.396 e. The van der Waals surface area contributed by atoms with E-state index in [2.05, 4.69) is 55.6 Å². The lowest BCUT2D eigenvalue weighted by molar-refractivity contribution is 0.127. The van der Waals surface area contributed by atoms with E-state index in [1.165, 1.54) is 41.5 Å². The molecule has 2 unspecified atom stereocenters. The van der Waals surface area contributed by atoms with E-state index >= 15 is 0 Å². The van der Waals surface area contributed by atoms with Crippen LogP contribution in [0.1, 0.15) is 66.2 Å². The summed E-state index contributed by atoms with van der Waals surface area (Å²) >= 11 is 0. The third-order valence-electron chi connectivity index (χ3n) is 6.71. The van der Waals surface area contributed by atoms with Crippen molar-refractivity contribution in [1.82, 2.24) is 5.32 Å². The van der Waals surface area contributed by atoms with Gasteiger partial charge in [0.05, 0.1) is 13.2 Å². The summed E-state index contributed by atoms with van der Waals surface area (Å²) < 4.78 is 0. The highest BCUT2D eigenvalue weighted by Crippen LogP contribution is 2.41. The molecule has 3 rings (SSSR count). The molecule has 3 N–H and O–H groups in total. The molecular weight excluding hydrogens is 346 g/mol. The molecule has 0 spiro atoms. The van der Waals surface area contributed by atoms with Gasteiger partial charge in [0.15, 0.2) is 0 Å². The Morgan fingerprint density at radius 3 is 1.93 bits per heavy atom. The number of benzene rings is 2. The lowest BCUT2D eigenvalue weighted by Gasteiger charge is -2.45. The third-order valence-corrected chi connectivity index (χ3v) is 6.71. The monoisotopic (exact) mass is 381 g/mol. The fourth-order valence-corrected chi connectivity index (χ4v) is 5.02. The van der Waals surface area contributed by atoms with Crippen molar-refractivity contribution in [3.63, 3.8) is 0 Å². The average molecular weight is 382 g/mol. The van der Waals surface area contributed by atoms with Crippen molar-refractivity contribution in [2.24, 2.45) is 0 Å². The van der Waals surface area contributed by atoms with E-state index in [1.807, 2.05) is 12.1 Å². The molecule has 0 bridgehead atoms. The topological polar surface area (TPSA) is 52.5 Å². The van der Waals surface area contributed by atoms with Crippen LogP contribution in [-0.4, -0.2) is 35.5 Å². The van der Waals surface area contributed by atoms with Gasteiger partial charge in [-0.2, -0.15) is 0 Å². The minimum absolute atomic E-state index is 0.0659. The van der Waals surface area contributed by atoms with Crippen LogP contribution in [0.3, 0.4) is 0 Å². The maximum Gasteiger partial charge on any atom is 0.0517 e. The second-order valence-electron chi connectivity index (χ2n) is 8.43. The summed E-state index contributed by atoms with van der Waals surface area (Å²) in [7, 11) is 0. The summed E-state index contributed by atoms with van der Waals surface area (Å²) in [6.07, 6.45) is 5.76. The number of nitrogens with one attached hydrogen (secondary N) is 1. The first-order valence-electron chi connectivity index (χ1n) is 10.7. The molecule has 152 valence electrons. The van der Waals surface area contributed by atoms with Crippen LogP contribution in [-0.2, 0) is 0 Å². The van der Waals surface area contributed by atoms with Crippen LogP contribution in [0.4, 0.5) is 0 Å². The van der Waals surface area contributed by atoms with Crippen molar-refractivity contribution in [2.45, 2.75) is 63.3 Å². The standard InChI is InChI=1S/C25H35NO2/c1-19-10-4-6-12-22(19)21(17-27)16-26-25(14-8-3-9-15-25)24(18-28)23-13-7-5-11-20(23)2/h4-7,10-13,21,24,26-28H,3,8-9,14-18H2,1-2H3. The summed E-state index contributed by atoms with van der Waals surface area (Å²) in [4.78, 5) is 0. The highest BCUT2D eigenvalue weighted by Gasteiger charge is 2.40. The van der Waals surface area contributed by atoms with Gasteiger partial charge in [-0.1, -0.05) is 67.8 Å². The fraction of sp³-hybridized carbons (Fsp3) is 0.520. The second-order valence-corrected chi connectivity index (χ2v) is 8.43. The molecule has 28 heavy (non-hydrogen) atoms. The predicted molar refractivity (Wildman–Crippen MR) is 116 cm³/mol. The molecular formula is C25H35NO2. The Bertz CT molecular complexity index is 752. The lowest BCUT2D eigenvalue weighted by atomic mass is 9.69. The molecule has 2 aromatic carbocycles. The van der Waals surface area contributed by atoms with E-state index < -0.39 is 0 Å². The Hall–Kier alpha value is -1.68. The summed E-state index contributed by atoms with van der Waals surface area (Å²) in [5, 5.41) is 24.4. The summed E-state index contributed by atoms with van der Waals surface area (Å²) in [6.45, 7) is 5.24. The molecule has 0 amide bonds. The molecule has 1 saturated carbocycles. The van der Waals surface area contributed by atoms with Gasteiger partial charge >= 0.3 is 0 Å².